The topological polar surface area (TPSA) is 65.9 Å². The Labute approximate surface area is 205 Å². The van der Waals surface area contributed by atoms with Crippen molar-refractivity contribution in [3.63, 3.8) is 0 Å². The predicted molar refractivity (Wildman–Crippen MR) is 130 cm³/mol. The highest BCUT2D eigenvalue weighted by molar-refractivity contribution is 6.42. The van der Waals surface area contributed by atoms with Crippen LogP contribution in [0.1, 0.15) is 31.2 Å². The molecule has 178 valence electrons. The van der Waals surface area contributed by atoms with E-state index in [0.717, 1.165) is 69.7 Å². The molecule has 2 aliphatic heterocycles. The SMILES string of the molecule is O=C(O)C(Cc1cccnc1)N1CCC(CN2CCC(Oc3ccc(Cl)c(Cl)c3)CC2)CC1. The molecule has 0 amide bonds. The summed E-state index contributed by atoms with van der Waals surface area (Å²) in [6, 6.07) is 8.75. The smallest absolute Gasteiger partial charge is 0.321 e. The molecule has 3 heterocycles. The Morgan fingerprint density at radius 2 is 1.85 bits per heavy atom. The van der Waals surface area contributed by atoms with Crippen LogP contribution < -0.4 is 4.74 Å². The molecule has 2 saturated heterocycles. The van der Waals surface area contributed by atoms with Crippen molar-refractivity contribution in [3.05, 3.63) is 58.3 Å². The fourth-order valence-electron chi connectivity index (χ4n) is 4.88. The normalized spacial score (nSPS) is 19.9. The number of nitrogens with zero attached hydrogens (tertiary/aromatic N) is 3. The highest BCUT2D eigenvalue weighted by atomic mass is 35.5. The molecule has 1 N–H and O–H groups in total. The van der Waals surface area contributed by atoms with E-state index in [2.05, 4.69) is 14.8 Å². The molecule has 0 spiro atoms. The van der Waals surface area contributed by atoms with Crippen LogP contribution >= 0.6 is 23.2 Å². The first kappa shape index (κ1) is 24.3. The number of rotatable bonds is 8. The van der Waals surface area contributed by atoms with E-state index < -0.39 is 12.0 Å². The fourth-order valence-corrected chi connectivity index (χ4v) is 5.17. The standard InChI is InChI=1S/C25H31Cl2N3O3/c26-22-4-3-21(15-23(22)27)33-20-7-10-29(11-8-20)17-18-5-12-30(13-6-18)24(25(31)32)14-19-2-1-9-28-16-19/h1-4,9,15-16,18,20,24H,5-8,10-14,17H2,(H,31,32). The molecule has 2 aromatic rings. The van der Waals surface area contributed by atoms with Gasteiger partial charge in [-0.3, -0.25) is 14.7 Å². The molecule has 1 aromatic heterocycles. The maximum atomic E-state index is 11.9. The summed E-state index contributed by atoms with van der Waals surface area (Å²) in [4.78, 5) is 20.7. The summed E-state index contributed by atoms with van der Waals surface area (Å²) in [5.74, 6) is 0.637. The third-order valence-corrected chi connectivity index (χ3v) is 7.51. The lowest BCUT2D eigenvalue weighted by molar-refractivity contribution is -0.144. The number of ether oxygens (including phenoxy) is 1. The van der Waals surface area contributed by atoms with Crippen LogP contribution in [-0.2, 0) is 11.2 Å². The summed E-state index contributed by atoms with van der Waals surface area (Å²) in [5.41, 5.74) is 0.970. The predicted octanol–water partition coefficient (Wildman–Crippen LogP) is 4.64. The Morgan fingerprint density at radius 1 is 1.09 bits per heavy atom. The van der Waals surface area contributed by atoms with E-state index in [9.17, 15) is 9.90 Å². The van der Waals surface area contributed by atoms with Gasteiger partial charge in [0, 0.05) is 44.5 Å². The number of piperidine rings is 2. The van der Waals surface area contributed by atoms with Crippen molar-refractivity contribution < 1.29 is 14.6 Å². The molecule has 0 radical (unpaired) electrons. The number of halogens is 2. The van der Waals surface area contributed by atoms with E-state index >= 15 is 0 Å². The summed E-state index contributed by atoms with van der Waals surface area (Å²) >= 11 is 12.1. The molecular weight excluding hydrogens is 461 g/mol. The van der Waals surface area contributed by atoms with E-state index in [1.54, 1.807) is 24.5 Å². The van der Waals surface area contributed by atoms with Crippen molar-refractivity contribution in [2.45, 2.75) is 44.2 Å². The minimum Gasteiger partial charge on any atom is -0.490 e. The van der Waals surface area contributed by atoms with Gasteiger partial charge in [-0.25, -0.2) is 0 Å². The monoisotopic (exact) mass is 491 g/mol. The zero-order chi connectivity index (χ0) is 23.2. The number of benzene rings is 1. The van der Waals surface area contributed by atoms with Crippen LogP contribution in [0.2, 0.25) is 10.0 Å². The van der Waals surface area contributed by atoms with Crippen molar-refractivity contribution in [2.75, 3.05) is 32.7 Å². The van der Waals surface area contributed by atoms with Crippen LogP contribution in [0.15, 0.2) is 42.7 Å². The van der Waals surface area contributed by atoms with Gasteiger partial charge in [-0.05, 0) is 68.5 Å². The van der Waals surface area contributed by atoms with E-state index in [4.69, 9.17) is 27.9 Å². The average Bonchev–Trinajstić information content (AvgIpc) is 2.82. The quantitative estimate of drug-likeness (QED) is 0.580. The number of likely N-dealkylation sites (tertiary alicyclic amines) is 2. The van der Waals surface area contributed by atoms with Crippen molar-refractivity contribution in [1.82, 2.24) is 14.8 Å². The Morgan fingerprint density at radius 3 is 2.48 bits per heavy atom. The minimum absolute atomic E-state index is 0.198. The molecule has 2 fully saturated rings. The summed E-state index contributed by atoms with van der Waals surface area (Å²) < 4.78 is 6.10. The molecular formula is C25H31Cl2N3O3. The number of hydrogen-bond donors (Lipinski definition) is 1. The van der Waals surface area contributed by atoms with Crippen molar-refractivity contribution in [2.24, 2.45) is 5.92 Å². The zero-order valence-corrected chi connectivity index (χ0v) is 20.2. The Balaban J connectivity index is 1.20. The number of aromatic nitrogens is 1. The molecule has 1 aromatic carbocycles. The van der Waals surface area contributed by atoms with E-state index in [1.165, 1.54) is 0 Å². The third-order valence-electron chi connectivity index (χ3n) is 6.77. The highest BCUT2D eigenvalue weighted by Crippen LogP contribution is 2.29. The zero-order valence-electron chi connectivity index (χ0n) is 18.7. The summed E-state index contributed by atoms with van der Waals surface area (Å²) in [5, 5.41) is 10.8. The Hall–Kier alpha value is -1.86. The molecule has 1 unspecified atom stereocenters. The van der Waals surface area contributed by atoms with Gasteiger partial charge in [0.05, 0.1) is 10.0 Å². The molecule has 0 saturated carbocycles. The maximum absolute atomic E-state index is 11.9. The van der Waals surface area contributed by atoms with Crippen molar-refractivity contribution >= 4 is 29.2 Å². The van der Waals surface area contributed by atoms with Gasteiger partial charge in [0.1, 0.15) is 17.9 Å². The second-order valence-electron chi connectivity index (χ2n) is 9.09. The fraction of sp³-hybridized carbons (Fsp3) is 0.520. The maximum Gasteiger partial charge on any atom is 0.321 e. The summed E-state index contributed by atoms with van der Waals surface area (Å²) in [6.07, 6.45) is 8.23. The lowest BCUT2D eigenvalue weighted by Gasteiger charge is -2.39. The van der Waals surface area contributed by atoms with Gasteiger partial charge in [0.2, 0.25) is 0 Å². The second-order valence-corrected chi connectivity index (χ2v) is 9.91. The molecule has 8 heteroatoms. The van der Waals surface area contributed by atoms with Gasteiger partial charge in [-0.15, -0.1) is 0 Å². The van der Waals surface area contributed by atoms with Gasteiger partial charge in [-0.2, -0.15) is 0 Å². The van der Waals surface area contributed by atoms with Crippen LogP contribution in [0.25, 0.3) is 0 Å². The van der Waals surface area contributed by atoms with Gasteiger partial charge >= 0.3 is 5.97 Å². The van der Waals surface area contributed by atoms with Crippen LogP contribution in [-0.4, -0.2) is 70.7 Å². The molecule has 33 heavy (non-hydrogen) atoms. The molecule has 2 aliphatic rings. The first-order chi connectivity index (χ1) is 16.0. The highest BCUT2D eigenvalue weighted by Gasteiger charge is 2.31. The second kappa shape index (κ2) is 11.5. The largest absolute Gasteiger partial charge is 0.490 e. The molecule has 0 aliphatic carbocycles. The molecule has 0 bridgehead atoms. The van der Waals surface area contributed by atoms with Gasteiger partial charge in [0.25, 0.3) is 0 Å². The molecule has 1 atom stereocenters. The number of carboxylic acid groups (broad SMARTS) is 1. The van der Waals surface area contributed by atoms with Crippen LogP contribution in [0.5, 0.6) is 5.75 Å². The molecule has 4 rings (SSSR count). The van der Waals surface area contributed by atoms with Gasteiger partial charge in [0.15, 0.2) is 0 Å². The number of carbonyl (C=O) groups is 1. The van der Waals surface area contributed by atoms with E-state index in [1.807, 2.05) is 18.2 Å². The minimum atomic E-state index is -0.749. The van der Waals surface area contributed by atoms with Crippen LogP contribution in [0, 0.1) is 5.92 Å². The molecule has 6 nitrogen and oxygen atoms in total. The first-order valence-electron chi connectivity index (χ1n) is 11.7. The van der Waals surface area contributed by atoms with E-state index in [-0.39, 0.29) is 6.10 Å². The summed E-state index contributed by atoms with van der Waals surface area (Å²) in [7, 11) is 0. The van der Waals surface area contributed by atoms with E-state index in [0.29, 0.717) is 22.4 Å². The van der Waals surface area contributed by atoms with Gasteiger partial charge in [-0.1, -0.05) is 29.3 Å². The summed E-state index contributed by atoms with van der Waals surface area (Å²) in [6.45, 7) is 4.78. The van der Waals surface area contributed by atoms with Gasteiger partial charge < -0.3 is 14.7 Å². The lowest BCUT2D eigenvalue weighted by Crippen LogP contribution is -2.48. The van der Waals surface area contributed by atoms with Crippen molar-refractivity contribution in [3.8, 4) is 5.75 Å². The number of aliphatic carboxylic acids is 1. The third kappa shape index (κ3) is 6.82. The average molecular weight is 492 g/mol. The Kier molecular flexibility index (Phi) is 8.47. The number of hydrogen-bond acceptors (Lipinski definition) is 5. The number of pyridine rings is 1. The lowest BCUT2D eigenvalue weighted by atomic mass is 9.93. The Bertz CT molecular complexity index is 914. The first-order valence-corrected chi connectivity index (χ1v) is 12.4. The van der Waals surface area contributed by atoms with Crippen LogP contribution in [0.3, 0.4) is 0 Å². The number of carboxylic acids is 1. The van der Waals surface area contributed by atoms with Crippen LogP contribution in [0.4, 0.5) is 0 Å². The van der Waals surface area contributed by atoms with Crippen molar-refractivity contribution in [1.29, 1.82) is 0 Å².